The first-order valence-corrected chi connectivity index (χ1v) is 32.9. The maximum Gasteiger partial charge on any atom is 0.306 e. The molecule has 0 radical (unpaired) electrons. The van der Waals surface area contributed by atoms with E-state index in [0.29, 0.717) is 19.3 Å². The van der Waals surface area contributed by atoms with E-state index in [0.717, 1.165) is 89.9 Å². The van der Waals surface area contributed by atoms with E-state index in [1.807, 2.05) is 0 Å². The van der Waals surface area contributed by atoms with Crippen molar-refractivity contribution in [2.24, 2.45) is 0 Å². The molecule has 0 N–H and O–H groups in total. The van der Waals surface area contributed by atoms with Crippen LogP contribution in [-0.4, -0.2) is 37.2 Å². The Morgan fingerprint density at radius 1 is 0.276 bits per heavy atom. The lowest BCUT2D eigenvalue weighted by Crippen LogP contribution is -2.30. The van der Waals surface area contributed by atoms with Crippen LogP contribution >= 0.6 is 0 Å². The van der Waals surface area contributed by atoms with Crippen molar-refractivity contribution in [1.29, 1.82) is 0 Å². The number of hydrogen-bond donors (Lipinski definition) is 0. The first kappa shape index (κ1) is 72.8. The number of carbonyl (C=O) groups excluding carboxylic acids is 3. The summed E-state index contributed by atoms with van der Waals surface area (Å²) in [5.41, 5.74) is 0. The summed E-state index contributed by atoms with van der Waals surface area (Å²) >= 11 is 0. The van der Waals surface area contributed by atoms with Crippen molar-refractivity contribution in [3.05, 3.63) is 72.9 Å². The Labute approximate surface area is 472 Å². The van der Waals surface area contributed by atoms with Crippen molar-refractivity contribution in [2.45, 2.75) is 341 Å². The third-order valence-corrected chi connectivity index (χ3v) is 14.4. The average molecular weight is 1060 g/mol. The Morgan fingerprint density at radius 2 is 0.513 bits per heavy atom. The Bertz CT molecular complexity index is 1400. The van der Waals surface area contributed by atoms with Gasteiger partial charge < -0.3 is 14.2 Å². The molecule has 6 heteroatoms. The van der Waals surface area contributed by atoms with Gasteiger partial charge in [-0.05, 0) is 89.9 Å². The van der Waals surface area contributed by atoms with Gasteiger partial charge in [0.15, 0.2) is 6.10 Å². The molecule has 0 aromatic rings. The summed E-state index contributed by atoms with van der Waals surface area (Å²) in [4.78, 5) is 38.3. The van der Waals surface area contributed by atoms with E-state index in [9.17, 15) is 14.4 Å². The molecular weight excluding hydrogens is 937 g/mol. The minimum absolute atomic E-state index is 0.0727. The minimum atomic E-state index is -0.776. The number of rotatable bonds is 60. The summed E-state index contributed by atoms with van der Waals surface area (Å²) in [6, 6.07) is 0. The second kappa shape index (κ2) is 64.4. The third-order valence-electron chi connectivity index (χ3n) is 14.4. The van der Waals surface area contributed by atoms with E-state index in [-0.39, 0.29) is 31.1 Å². The average Bonchev–Trinajstić information content (AvgIpc) is 3.42. The first-order chi connectivity index (χ1) is 37.5. The van der Waals surface area contributed by atoms with Gasteiger partial charge in [0, 0.05) is 19.3 Å². The SMILES string of the molecule is CC/C=C\C/C=C\C/C=C\C/C=C\CCCCCCCCCCCCCCCCC(=O)OCC(COC(=O)CCCCCCCCCCCCCC)OC(=O)CCCCCCCCCCC/C=C\C/C=C\CCCCC. The maximum absolute atomic E-state index is 12.9. The fourth-order valence-corrected chi connectivity index (χ4v) is 9.53. The first-order valence-electron chi connectivity index (χ1n) is 32.9. The summed E-state index contributed by atoms with van der Waals surface area (Å²) in [5, 5.41) is 0. The molecular formula is C70H124O6. The highest BCUT2D eigenvalue weighted by molar-refractivity contribution is 5.71. The molecule has 0 fully saturated rings. The van der Waals surface area contributed by atoms with Crippen LogP contribution in [0.3, 0.4) is 0 Å². The highest BCUT2D eigenvalue weighted by Gasteiger charge is 2.19. The smallest absolute Gasteiger partial charge is 0.306 e. The molecule has 0 saturated carbocycles. The number of ether oxygens (including phenoxy) is 3. The Balaban J connectivity index is 4.24. The van der Waals surface area contributed by atoms with Gasteiger partial charge in [-0.3, -0.25) is 14.4 Å². The fourth-order valence-electron chi connectivity index (χ4n) is 9.53. The van der Waals surface area contributed by atoms with Gasteiger partial charge in [-0.1, -0.05) is 299 Å². The predicted molar refractivity (Wildman–Crippen MR) is 330 cm³/mol. The number of hydrogen-bond acceptors (Lipinski definition) is 6. The van der Waals surface area contributed by atoms with Gasteiger partial charge in [0.25, 0.3) is 0 Å². The van der Waals surface area contributed by atoms with Crippen LogP contribution in [0.2, 0.25) is 0 Å². The van der Waals surface area contributed by atoms with Crippen molar-refractivity contribution in [3.8, 4) is 0 Å². The lowest BCUT2D eigenvalue weighted by Gasteiger charge is -2.18. The number of esters is 3. The van der Waals surface area contributed by atoms with Crippen LogP contribution < -0.4 is 0 Å². The van der Waals surface area contributed by atoms with Crippen LogP contribution in [0.5, 0.6) is 0 Å². The highest BCUT2D eigenvalue weighted by atomic mass is 16.6. The normalized spacial score (nSPS) is 12.5. The van der Waals surface area contributed by atoms with Gasteiger partial charge in [0.2, 0.25) is 0 Å². The topological polar surface area (TPSA) is 78.9 Å². The summed E-state index contributed by atoms with van der Waals surface area (Å²) in [6.07, 6.45) is 83.4. The molecule has 0 aliphatic carbocycles. The van der Waals surface area contributed by atoms with E-state index in [4.69, 9.17) is 14.2 Å². The van der Waals surface area contributed by atoms with Gasteiger partial charge in [-0.15, -0.1) is 0 Å². The minimum Gasteiger partial charge on any atom is -0.462 e. The Hall–Kier alpha value is -3.15. The van der Waals surface area contributed by atoms with Crippen LogP contribution in [0.15, 0.2) is 72.9 Å². The Morgan fingerprint density at radius 3 is 0.829 bits per heavy atom. The van der Waals surface area contributed by atoms with Crippen molar-refractivity contribution in [1.82, 2.24) is 0 Å². The lowest BCUT2D eigenvalue weighted by molar-refractivity contribution is -0.167. The number of allylic oxidation sites excluding steroid dienone is 12. The van der Waals surface area contributed by atoms with Gasteiger partial charge in [0.1, 0.15) is 13.2 Å². The van der Waals surface area contributed by atoms with E-state index in [1.54, 1.807) is 0 Å². The molecule has 76 heavy (non-hydrogen) atoms. The number of unbranched alkanes of at least 4 members (excludes halogenated alkanes) is 37. The maximum atomic E-state index is 12.9. The van der Waals surface area contributed by atoms with Crippen LogP contribution in [0.4, 0.5) is 0 Å². The quantitative estimate of drug-likeness (QED) is 0.0261. The monoisotopic (exact) mass is 1060 g/mol. The van der Waals surface area contributed by atoms with E-state index in [1.165, 1.54) is 205 Å². The van der Waals surface area contributed by atoms with Crippen LogP contribution in [0, 0.1) is 0 Å². The molecule has 0 rings (SSSR count). The van der Waals surface area contributed by atoms with E-state index in [2.05, 4.69) is 93.7 Å². The van der Waals surface area contributed by atoms with E-state index >= 15 is 0 Å². The zero-order valence-corrected chi connectivity index (χ0v) is 50.5. The molecule has 0 aliphatic rings. The lowest BCUT2D eigenvalue weighted by atomic mass is 10.0. The highest BCUT2D eigenvalue weighted by Crippen LogP contribution is 2.17. The van der Waals surface area contributed by atoms with E-state index < -0.39 is 6.10 Å². The second-order valence-corrected chi connectivity index (χ2v) is 22.0. The summed E-state index contributed by atoms with van der Waals surface area (Å²) in [6.45, 7) is 6.54. The van der Waals surface area contributed by atoms with Crippen LogP contribution in [0.1, 0.15) is 335 Å². The van der Waals surface area contributed by atoms with Gasteiger partial charge in [0.05, 0.1) is 0 Å². The standard InChI is InChI=1S/C70H124O6/c1-4-7-10-13-16-19-22-25-27-29-31-32-33-34-35-36-37-38-40-41-43-45-48-51-54-57-60-63-69(72)75-66-67(65-74-68(71)62-59-56-53-50-47-24-21-18-15-12-9-6-3)76-70(73)64-61-58-55-52-49-46-44-42-39-30-28-26-23-20-17-14-11-8-5-2/h7,10,16-17,19-20,25-28,31-32,67H,4-6,8-9,11-15,18,21-24,29-30,33-66H2,1-3H3/b10-7-,19-16-,20-17-,27-25-,28-26-,32-31-. The molecule has 0 spiro atoms. The van der Waals surface area contributed by atoms with Crippen molar-refractivity contribution in [3.63, 3.8) is 0 Å². The van der Waals surface area contributed by atoms with Crippen LogP contribution in [-0.2, 0) is 28.6 Å². The van der Waals surface area contributed by atoms with Gasteiger partial charge >= 0.3 is 17.9 Å². The fraction of sp³-hybridized carbons (Fsp3) is 0.786. The molecule has 0 aliphatic heterocycles. The molecule has 6 nitrogen and oxygen atoms in total. The summed E-state index contributed by atoms with van der Waals surface area (Å²) < 4.78 is 16.9. The summed E-state index contributed by atoms with van der Waals surface area (Å²) in [7, 11) is 0. The molecule has 0 aromatic heterocycles. The molecule has 0 heterocycles. The van der Waals surface area contributed by atoms with Gasteiger partial charge in [-0.25, -0.2) is 0 Å². The molecule has 1 unspecified atom stereocenters. The molecule has 0 aromatic carbocycles. The van der Waals surface area contributed by atoms with Crippen molar-refractivity contribution >= 4 is 17.9 Å². The number of carbonyl (C=O) groups is 3. The molecule has 0 bridgehead atoms. The predicted octanol–water partition coefficient (Wildman–Crippen LogP) is 22.5. The largest absolute Gasteiger partial charge is 0.462 e. The zero-order chi connectivity index (χ0) is 55.0. The zero-order valence-electron chi connectivity index (χ0n) is 50.5. The van der Waals surface area contributed by atoms with Crippen LogP contribution in [0.25, 0.3) is 0 Å². The van der Waals surface area contributed by atoms with Crippen molar-refractivity contribution in [2.75, 3.05) is 13.2 Å². The molecule has 1 atom stereocenters. The third kappa shape index (κ3) is 61.7. The molecule has 0 saturated heterocycles. The molecule has 440 valence electrons. The molecule has 0 amide bonds. The van der Waals surface area contributed by atoms with Crippen molar-refractivity contribution < 1.29 is 28.6 Å². The second-order valence-electron chi connectivity index (χ2n) is 22.0. The Kier molecular flexibility index (Phi) is 61.7. The van der Waals surface area contributed by atoms with Gasteiger partial charge in [-0.2, -0.15) is 0 Å². The summed E-state index contributed by atoms with van der Waals surface area (Å²) in [5.74, 6) is -0.860.